The number of carbonyl (C=O) groups excluding carboxylic acids is 1. The van der Waals surface area contributed by atoms with E-state index in [0.717, 1.165) is 38.9 Å². The molecule has 2 aliphatic rings. The fraction of sp³-hybridized carbons (Fsp3) is 0.833. The second kappa shape index (κ2) is 5.49. The van der Waals surface area contributed by atoms with E-state index >= 15 is 0 Å². The summed E-state index contributed by atoms with van der Waals surface area (Å²) in [5.74, 6) is -0.951. The van der Waals surface area contributed by atoms with Crippen molar-refractivity contribution in [3.05, 3.63) is 0 Å². The van der Waals surface area contributed by atoms with Crippen LogP contribution in [-0.2, 0) is 9.59 Å². The minimum absolute atomic E-state index is 0.0521. The summed E-state index contributed by atoms with van der Waals surface area (Å²) < 4.78 is 0. The zero-order valence-electron chi connectivity index (χ0n) is 10.0. The number of carboxylic acids is 1. The summed E-state index contributed by atoms with van der Waals surface area (Å²) >= 11 is 0. The van der Waals surface area contributed by atoms with Crippen LogP contribution < -0.4 is 5.32 Å². The summed E-state index contributed by atoms with van der Waals surface area (Å²) in [6.07, 6.45) is 3.47. The van der Waals surface area contributed by atoms with Gasteiger partial charge in [0.15, 0.2) is 0 Å². The van der Waals surface area contributed by atoms with Crippen LogP contribution in [0.25, 0.3) is 0 Å². The lowest BCUT2D eigenvalue weighted by molar-refractivity contribution is -0.147. The predicted molar refractivity (Wildman–Crippen MR) is 62.5 cm³/mol. The fourth-order valence-corrected chi connectivity index (χ4v) is 2.70. The molecule has 96 valence electrons. The number of nitrogens with zero attached hydrogens (tertiary/aromatic N) is 1. The van der Waals surface area contributed by atoms with Crippen molar-refractivity contribution in [2.45, 2.75) is 25.7 Å². The molecule has 2 heterocycles. The van der Waals surface area contributed by atoms with Crippen molar-refractivity contribution in [1.82, 2.24) is 10.2 Å². The molecule has 2 rings (SSSR count). The van der Waals surface area contributed by atoms with E-state index in [1.165, 1.54) is 0 Å². The number of likely N-dealkylation sites (tertiary alicyclic amines) is 1. The Balaban J connectivity index is 1.91. The van der Waals surface area contributed by atoms with Crippen LogP contribution in [0.15, 0.2) is 0 Å². The molecule has 1 amide bonds. The van der Waals surface area contributed by atoms with Crippen LogP contribution >= 0.6 is 0 Å². The van der Waals surface area contributed by atoms with Crippen LogP contribution in [0.2, 0.25) is 0 Å². The highest BCUT2D eigenvalue weighted by molar-refractivity contribution is 5.80. The molecule has 2 aliphatic heterocycles. The van der Waals surface area contributed by atoms with Crippen molar-refractivity contribution in [3.63, 3.8) is 0 Å². The largest absolute Gasteiger partial charge is 0.481 e. The molecule has 2 N–H and O–H groups in total. The fourth-order valence-electron chi connectivity index (χ4n) is 2.70. The number of hydrogen-bond acceptors (Lipinski definition) is 3. The average Bonchev–Trinajstić information content (AvgIpc) is 2.39. The molecular formula is C12H20N2O3. The number of nitrogens with one attached hydrogen (secondary N) is 1. The van der Waals surface area contributed by atoms with Gasteiger partial charge >= 0.3 is 5.97 Å². The van der Waals surface area contributed by atoms with Gasteiger partial charge < -0.3 is 15.3 Å². The number of piperidine rings is 2. The second-order valence-electron chi connectivity index (χ2n) is 5.00. The lowest BCUT2D eigenvalue weighted by Gasteiger charge is -2.34. The van der Waals surface area contributed by atoms with Crippen LogP contribution in [-0.4, -0.2) is 48.1 Å². The van der Waals surface area contributed by atoms with Gasteiger partial charge in [0.25, 0.3) is 0 Å². The molecular weight excluding hydrogens is 220 g/mol. The quantitative estimate of drug-likeness (QED) is 0.729. The molecule has 0 spiro atoms. The highest BCUT2D eigenvalue weighted by Gasteiger charge is 2.32. The summed E-state index contributed by atoms with van der Waals surface area (Å²) in [6, 6.07) is 0. The van der Waals surface area contributed by atoms with Gasteiger partial charge in [-0.3, -0.25) is 9.59 Å². The molecule has 17 heavy (non-hydrogen) atoms. The van der Waals surface area contributed by atoms with Crippen LogP contribution in [0.3, 0.4) is 0 Å². The minimum Gasteiger partial charge on any atom is -0.481 e. The van der Waals surface area contributed by atoms with Gasteiger partial charge in [0.05, 0.1) is 11.8 Å². The summed E-state index contributed by atoms with van der Waals surface area (Å²) in [7, 11) is 0. The second-order valence-corrected chi connectivity index (χ2v) is 5.00. The summed E-state index contributed by atoms with van der Waals surface area (Å²) in [4.78, 5) is 24.9. The smallest absolute Gasteiger partial charge is 0.308 e. The van der Waals surface area contributed by atoms with Crippen molar-refractivity contribution in [1.29, 1.82) is 0 Å². The van der Waals surface area contributed by atoms with E-state index in [2.05, 4.69) is 5.32 Å². The van der Waals surface area contributed by atoms with Gasteiger partial charge in [-0.05, 0) is 32.2 Å². The average molecular weight is 240 g/mol. The molecule has 5 heteroatoms. The zero-order valence-corrected chi connectivity index (χ0v) is 10.0. The summed E-state index contributed by atoms with van der Waals surface area (Å²) in [6.45, 7) is 2.85. The maximum Gasteiger partial charge on any atom is 0.308 e. The molecule has 2 fully saturated rings. The number of aliphatic carboxylic acids is 1. The molecule has 0 saturated carbocycles. The first-order valence-corrected chi connectivity index (χ1v) is 6.41. The van der Waals surface area contributed by atoms with E-state index in [-0.39, 0.29) is 17.7 Å². The first-order chi connectivity index (χ1) is 8.18. The van der Waals surface area contributed by atoms with Gasteiger partial charge in [-0.2, -0.15) is 0 Å². The predicted octanol–water partition coefficient (Wildman–Crippen LogP) is 0.309. The summed E-state index contributed by atoms with van der Waals surface area (Å²) in [5.41, 5.74) is 0. The first-order valence-electron chi connectivity index (χ1n) is 6.41. The molecule has 0 radical (unpaired) electrons. The normalized spacial score (nSPS) is 30.0. The number of carbonyl (C=O) groups is 2. The molecule has 1 unspecified atom stereocenters. The van der Waals surface area contributed by atoms with Crippen molar-refractivity contribution >= 4 is 11.9 Å². The van der Waals surface area contributed by atoms with E-state index in [4.69, 9.17) is 5.11 Å². The van der Waals surface area contributed by atoms with Crippen LogP contribution in [0, 0.1) is 11.8 Å². The third-order valence-electron chi connectivity index (χ3n) is 3.73. The monoisotopic (exact) mass is 240 g/mol. The lowest BCUT2D eigenvalue weighted by atomic mass is 9.94. The minimum atomic E-state index is -0.774. The third-order valence-corrected chi connectivity index (χ3v) is 3.73. The number of hydrogen-bond donors (Lipinski definition) is 2. The first kappa shape index (κ1) is 12.4. The Hall–Kier alpha value is -1.10. The number of carboxylic acid groups (broad SMARTS) is 1. The summed E-state index contributed by atoms with van der Waals surface area (Å²) in [5, 5.41) is 12.2. The van der Waals surface area contributed by atoms with E-state index in [0.29, 0.717) is 13.0 Å². The van der Waals surface area contributed by atoms with Crippen LogP contribution in [0.5, 0.6) is 0 Å². The molecule has 0 bridgehead atoms. The van der Waals surface area contributed by atoms with E-state index in [9.17, 15) is 9.59 Å². The Bertz CT molecular complexity index is 300. The molecule has 0 aromatic heterocycles. The van der Waals surface area contributed by atoms with E-state index in [1.54, 1.807) is 4.90 Å². The maximum atomic E-state index is 12.2. The molecule has 0 aliphatic carbocycles. The van der Waals surface area contributed by atoms with Gasteiger partial charge in [-0.15, -0.1) is 0 Å². The third kappa shape index (κ3) is 2.97. The Morgan fingerprint density at radius 2 is 1.94 bits per heavy atom. The standard InChI is InChI=1S/C12H20N2O3/c15-11(9-3-1-5-13-7-9)14-6-2-4-10(8-14)12(16)17/h9-10,13H,1-8H2,(H,16,17)/t9-,10?/m1/s1. The van der Waals surface area contributed by atoms with Crippen LogP contribution in [0.1, 0.15) is 25.7 Å². The molecule has 2 atom stereocenters. The Morgan fingerprint density at radius 1 is 1.18 bits per heavy atom. The number of amides is 1. The van der Waals surface area contributed by atoms with Crippen molar-refractivity contribution in [2.75, 3.05) is 26.2 Å². The zero-order chi connectivity index (χ0) is 12.3. The van der Waals surface area contributed by atoms with Crippen LogP contribution in [0.4, 0.5) is 0 Å². The molecule has 0 aromatic rings. The highest BCUT2D eigenvalue weighted by atomic mass is 16.4. The van der Waals surface area contributed by atoms with Gasteiger partial charge in [0, 0.05) is 19.6 Å². The van der Waals surface area contributed by atoms with Gasteiger partial charge in [0.2, 0.25) is 5.91 Å². The Morgan fingerprint density at radius 3 is 2.59 bits per heavy atom. The van der Waals surface area contributed by atoms with E-state index < -0.39 is 5.97 Å². The van der Waals surface area contributed by atoms with E-state index in [1.807, 2.05) is 0 Å². The Kier molecular flexibility index (Phi) is 3.99. The highest BCUT2D eigenvalue weighted by Crippen LogP contribution is 2.20. The van der Waals surface area contributed by atoms with Gasteiger partial charge in [-0.25, -0.2) is 0 Å². The topological polar surface area (TPSA) is 69.6 Å². The van der Waals surface area contributed by atoms with Gasteiger partial charge in [0.1, 0.15) is 0 Å². The molecule has 0 aromatic carbocycles. The van der Waals surface area contributed by atoms with Crippen molar-refractivity contribution < 1.29 is 14.7 Å². The van der Waals surface area contributed by atoms with Crippen molar-refractivity contribution in [3.8, 4) is 0 Å². The Labute approximate surface area is 101 Å². The SMILES string of the molecule is O=C(O)C1CCCN(C(=O)[C@@H]2CCCNC2)C1. The van der Waals surface area contributed by atoms with Gasteiger partial charge in [-0.1, -0.05) is 0 Å². The molecule has 2 saturated heterocycles. The van der Waals surface area contributed by atoms with Crippen molar-refractivity contribution in [2.24, 2.45) is 11.8 Å². The molecule has 5 nitrogen and oxygen atoms in total. The maximum absolute atomic E-state index is 12.2. The lowest BCUT2D eigenvalue weighted by Crippen LogP contribution is -2.48. The number of rotatable bonds is 2.